The molecule has 1 rings (SSSR count). The number of benzene rings is 1. The number of amides is 1. The molecule has 0 bridgehead atoms. The van der Waals surface area contributed by atoms with Gasteiger partial charge in [-0.1, -0.05) is 6.07 Å². The number of nitrogens with two attached hydrogens (primary N) is 2. The van der Waals surface area contributed by atoms with E-state index in [1.54, 1.807) is 25.1 Å². The van der Waals surface area contributed by atoms with Crippen LogP contribution in [-0.2, 0) is 4.79 Å². The van der Waals surface area contributed by atoms with Crippen LogP contribution in [0.4, 0.5) is 5.69 Å². The quantitative estimate of drug-likeness (QED) is 0.699. The smallest absolute Gasteiger partial charge is 0.258 e. The monoisotopic (exact) mass is 194 g/mol. The third-order valence-corrected chi connectivity index (χ3v) is 2.03. The molecule has 76 valence electrons. The second-order valence-corrected chi connectivity index (χ2v) is 3.13. The first-order valence-corrected chi connectivity index (χ1v) is 4.33. The normalized spacial score (nSPS) is 12.1. The van der Waals surface area contributed by atoms with Crippen LogP contribution in [0.3, 0.4) is 0 Å². The average Bonchev–Trinajstić information content (AvgIpc) is 2.12. The van der Waals surface area contributed by atoms with Crippen molar-refractivity contribution in [1.82, 2.24) is 0 Å². The van der Waals surface area contributed by atoms with Crippen molar-refractivity contribution in [3.8, 4) is 5.75 Å². The summed E-state index contributed by atoms with van der Waals surface area (Å²) in [5.74, 6) is 0.100. The Labute approximate surface area is 82.8 Å². The number of hydrogen-bond acceptors (Lipinski definition) is 3. The van der Waals surface area contributed by atoms with Crippen LogP contribution in [0.5, 0.6) is 5.75 Å². The van der Waals surface area contributed by atoms with Gasteiger partial charge in [-0.15, -0.1) is 0 Å². The molecule has 0 saturated carbocycles. The highest BCUT2D eigenvalue weighted by Gasteiger charge is 2.12. The molecule has 1 aromatic carbocycles. The number of carbonyl (C=O) groups excluding carboxylic acids is 1. The third kappa shape index (κ3) is 2.16. The van der Waals surface area contributed by atoms with Gasteiger partial charge in [0.15, 0.2) is 6.10 Å². The molecule has 0 aromatic heterocycles. The van der Waals surface area contributed by atoms with Gasteiger partial charge in [0, 0.05) is 11.3 Å². The molecule has 4 nitrogen and oxygen atoms in total. The van der Waals surface area contributed by atoms with Crippen LogP contribution in [0.15, 0.2) is 18.2 Å². The predicted molar refractivity (Wildman–Crippen MR) is 54.9 cm³/mol. The summed E-state index contributed by atoms with van der Waals surface area (Å²) in [4.78, 5) is 10.8. The molecule has 0 heterocycles. The second-order valence-electron chi connectivity index (χ2n) is 3.13. The Kier molecular flexibility index (Phi) is 2.96. The van der Waals surface area contributed by atoms with E-state index >= 15 is 0 Å². The Morgan fingerprint density at radius 3 is 2.71 bits per heavy atom. The van der Waals surface area contributed by atoms with E-state index in [1.807, 2.05) is 6.92 Å². The number of ether oxygens (including phenoxy) is 1. The Bertz CT molecular complexity index is 350. The lowest BCUT2D eigenvalue weighted by atomic mass is 10.2. The summed E-state index contributed by atoms with van der Waals surface area (Å²) < 4.78 is 5.33. The van der Waals surface area contributed by atoms with Gasteiger partial charge in [0.05, 0.1) is 0 Å². The molecule has 0 saturated heterocycles. The van der Waals surface area contributed by atoms with Crippen LogP contribution >= 0.6 is 0 Å². The first kappa shape index (κ1) is 10.4. The third-order valence-electron chi connectivity index (χ3n) is 2.03. The van der Waals surface area contributed by atoms with Gasteiger partial charge in [0.25, 0.3) is 5.91 Å². The van der Waals surface area contributed by atoms with E-state index in [0.717, 1.165) is 5.56 Å². The largest absolute Gasteiger partial charge is 0.481 e. The molecule has 4 heteroatoms. The molecule has 0 aliphatic heterocycles. The van der Waals surface area contributed by atoms with Crippen molar-refractivity contribution in [2.45, 2.75) is 20.0 Å². The molecular formula is C10H14N2O2. The number of hydrogen-bond donors (Lipinski definition) is 2. The molecule has 1 atom stereocenters. The van der Waals surface area contributed by atoms with E-state index in [4.69, 9.17) is 16.2 Å². The first-order valence-electron chi connectivity index (χ1n) is 4.33. The van der Waals surface area contributed by atoms with Crippen LogP contribution in [0.2, 0.25) is 0 Å². The highest BCUT2D eigenvalue weighted by Crippen LogP contribution is 2.23. The van der Waals surface area contributed by atoms with Crippen LogP contribution in [0.25, 0.3) is 0 Å². The molecule has 0 spiro atoms. The lowest BCUT2D eigenvalue weighted by molar-refractivity contribution is -0.123. The molecule has 14 heavy (non-hydrogen) atoms. The summed E-state index contributed by atoms with van der Waals surface area (Å²) in [7, 11) is 0. The Morgan fingerprint density at radius 2 is 2.14 bits per heavy atom. The number of primary amides is 1. The summed E-state index contributed by atoms with van der Waals surface area (Å²) in [6.07, 6.45) is -0.643. The topological polar surface area (TPSA) is 78.3 Å². The zero-order valence-corrected chi connectivity index (χ0v) is 8.28. The summed E-state index contributed by atoms with van der Waals surface area (Å²) in [6, 6.07) is 5.30. The highest BCUT2D eigenvalue weighted by molar-refractivity contribution is 5.78. The molecule has 0 fully saturated rings. The molecular weight excluding hydrogens is 180 g/mol. The van der Waals surface area contributed by atoms with Crippen molar-refractivity contribution in [3.63, 3.8) is 0 Å². The summed E-state index contributed by atoms with van der Waals surface area (Å²) in [6.45, 7) is 3.43. The van der Waals surface area contributed by atoms with Gasteiger partial charge in [-0.05, 0) is 26.0 Å². The van der Waals surface area contributed by atoms with Gasteiger partial charge in [0.1, 0.15) is 5.75 Å². The van der Waals surface area contributed by atoms with Crippen molar-refractivity contribution >= 4 is 11.6 Å². The number of carbonyl (C=O) groups is 1. The predicted octanol–water partition coefficient (Wildman–Crippen LogP) is 0.830. The minimum atomic E-state index is -0.643. The van der Waals surface area contributed by atoms with E-state index in [9.17, 15) is 4.79 Å². The lowest BCUT2D eigenvalue weighted by Crippen LogP contribution is -2.30. The number of nitrogen functional groups attached to an aromatic ring is 1. The minimum Gasteiger partial charge on any atom is -0.481 e. The molecule has 4 N–H and O–H groups in total. The minimum absolute atomic E-state index is 0.494. The van der Waals surface area contributed by atoms with Gasteiger partial charge < -0.3 is 16.2 Å². The summed E-state index contributed by atoms with van der Waals surface area (Å²) in [5, 5.41) is 0. The lowest BCUT2D eigenvalue weighted by Gasteiger charge is -2.14. The first-order chi connectivity index (χ1) is 6.52. The van der Waals surface area contributed by atoms with Crippen LogP contribution in [-0.4, -0.2) is 12.0 Å². The van der Waals surface area contributed by atoms with Gasteiger partial charge in [-0.2, -0.15) is 0 Å². The van der Waals surface area contributed by atoms with Crippen molar-refractivity contribution in [2.75, 3.05) is 5.73 Å². The van der Waals surface area contributed by atoms with Crippen molar-refractivity contribution < 1.29 is 9.53 Å². The molecule has 0 aliphatic carbocycles. The average molecular weight is 194 g/mol. The molecule has 1 unspecified atom stereocenters. The Hall–Kier alpha value is -1.71. The number of anilines is 1. The molecule has 1 aromatic rings. The SMILES string of the molecule is Cc1c(N)cccc1OC(C)C(N)=O. The second kappa shape index (κ2) is 4.00. The van der Waals surface area contributed by atoms with Crippen LogP contribution in [0, 0.1) is 6.92 Å². The maximum atomic E-state index is 10.8. The zero-order valence-electron chi connectivity index (χ0n) is 8.28. The number of rotatable bonds is 3. The van der Waals surface area contributed by atoms with Crippen molar-refractivity contribution in [1.29, 1.82) is 0 Å². The molecule has 0 radical (unpaired) electrons. The maximum absolute atomic E-state index is 10.8. The fraction of sp³-hybridized carbons (Fsp3) is 0.300. The van der Waals surface area contributed by atoms with Crippen LogP contribution < -0.4 is 16.2 Å². The van der Waals surface area contributed by atoms with Gasteiger partial charge in [-0.3, -0.25) is 4.79 Å². The van der Waals surface area contributed by atoms with E-state index in [0.29, 0.717) is 11.4 Å². The van der Waals surface area contributed by atoms with E-state index in [2.05, 4.69) is 0 Å². The maximum Gasteiger partial charge on any atom is 0.258 e. The van der Waals surface area contributed by atoms with E-state index < -0.39 is 12.0 Å². The fourth-order valence-corrected chi connectivity index (χ4v) is 1.01. The zero-order chi connectivity index (χ0) is 10.7. The van der Waals surface area contributed by atoms with Gasteiger partial charge in [0.2, 0.25) is 0 Å². The Balaban J connectivity index is 2.87. The highest BCUT2D eigenvalue weighted by atomic mass is 16.5. The molecule has 1 amide bonds. The van der Waals surface area contributed by atoms with E-state index in [1.165, 1.54) is 0 Å². The van der Waals surface area contributed by atoms with Crippen molar-refractivity contribution in [2.24, 2.45) is 5.73 Å². The molecule has 0 aliphatic rings. The van der Waals surface area contributed by atoms with Gasteiger partial charge in [-0.25, -0.2) is 0 Å². The summed E-state index contributed by atoms with van der Waals surface area (Å²) in [5.41, 5.74) is 12.2. The van der Waals surface area contributed by atoms with Crippen molar-refractivity contribution in [3.05, 3.63) is 23.8 Å². The summed E-state index contributed by atoms with van der Waals surface area (Å²) >= 11 is 0. The van der Waals surface area contributed by atoms with E-state index in [-0.39, 0.29) is 0 Å². The fourth-order valence-electron chi connectivity index (χ4n) is 1.01. The van der Waals surface area contributed by atoms with Gasteiger partial charge >= 0.3 is 0 Å². The Morgan fingerprint density at radius 1 is 1.50 bits per heavy atom. The standard InChI is InChI=1S/C10H14N2O2/c1-6-8(11)4-3-5-9(6)14-7(2)10(12)13/h3-5,7H,11H2,1-2H3,(H2,12,13). The van der Waals surface area contributed by atoms with Crippen LogP contribution in [0.1, 0.15) is 12.5 Å².